The van der Waals surface area contributed by atoms with E-state index < -0.39 is 0 Å². The number of fused-ring (bicyclic) bond motifs is 1. The topological polar surface area (TPSA) is 93.0 Å². The summed E-state index contributed by atoms with van der Waals surface area (Å²) in [4.78, 5) is 20.8. The molecule has 2 aliphatic rings. The van der Waals surface area contributed by atoms with E-state index in [2.05, 4.69) is 20.4 Å². The standard InChI is InChI=1S/C23H27FN4O3/c1-13-17(12-31-28-13)23(29)27-20(15-4-2-3-5-15)22-25-18-7-6-16(19(24)21(18)26-22)14-8-10-30-11-9-14/h6-7,12,14-15,20H,2-5,8-11H2,1H3,(H,25,26)(H,27,29). The van der Waals surface area contributed by atoms with E-state index in [0.29, 0.717) is 46.9 Å². The van der Waals surface area contributed by atoms with Gasteiger partial charge in [0.2, 0.25) is 0 Å². The molecule has 8 heteroatoms. The number of amides is 1. The van der Waals surface area contributed by atoms with Crippen LogP contribution in [-0.4, -0.2) is 34.2 Å². The van der Waals surface area contributed by atoms with Crippen LogP contribution in [0.15, 0.2) is 22.9 Å². The maximum absolute atomic E-state index is 15.4. The van der Waals surface area contributed by atoms with Crippen molar-refractivity contribution in [3.63, 3.8) is 0 Å². The summed E-state index contributed by atoms with van der Waals surface area (Å²) in [5, 5.41) is 6.90. The number of nitrogens with one attached hydrogen (secondary N) is 2. The Morgan fingerprint density at radius 3 is 2.71 bits per heavy atom. The highest BCUT2D eigenvalue weighted by Gasteiger charge is 2.32. The number of imidazole rings is 1. The molecule has 7 nitrogen and oxygen atoms in total. The minimum absolute atomic E-state index is 0.153. The highest BCUT2D eigenvalue weighted by molar-refractivity contribution is 5.95. The van der Waals surface area contributed by atoms with E-state index >= 15 is 4.39 Å². The lowest BCUT2D eigenvalue weighted by Gasteiger charge is -2.22. The molecule has 164 valence electrons. The smallest absolute Gasteiger partial charge is 0.257 e. The quantitative estimate of drug-likeness (QED) is 0.624. The third kappa shape index (κ3) is 3.84. The first kappa shape index (κ1) is 20.2. The molecule has 1 saturated heterocycles. The Bertz CT molecular complexity index is 1080. The molecule has 0 bridgehead atoms. The maximum Gasteiger partial charge on any atom is 0.257 e. The van der Waals surface area contributed by atoms with Gasteiger partial charge in [0.15, 0.2) is 5.82 Å². The van der Waals surface area contributed by atoms with Crippen molar-refractivity contribution in [2.45, 2.75) is 57.4 Å². The highest BCUT2D eigenvalue weighted by atomic mass is 19.1. The van der Waals surface area contributed by atoms with Gasteiger partial charge >= 0.3 is 0 Å². The van der Waals surface area contributed by atoms with Crippen LogP contribution in [0, 0.1) is 18.7 Å². The lowest BCUT2D eigenvalue weighted by Crippen LogP contribution is -2.33. The van der Waals surface area contributed by atoms with Crippen molar-refractivity contribution < 1.29 is 18.4 Å². The first-order valence-electron chi connectivity index (χ1n) is 11.1. The summed E-state index contributed by atoms with van der Waals surface area (Å²) >= 11 is 0. The molecule has 1 amide bonds. The van der Waals surface area contributed by atoms with E-state index in [-0.39, 0.29) is 29.6 Å². The fourth-order valence-corrected chi connectivity index (χ4v) is 4.98. The van der Waals surface area contributed by atoms with Crippen molar-refractivity contribution in [3.05, 3.63) is 46.9 Å². The zero-order valence-electron chi connectivity index (χ0n) is 17.6. The first-order valence-corrected chi connectivity index (χ1v) is 11.1. The average Bonchev–Trinajstić information content (AvgIpc) is 3.54. The summed E-state index contributed by atoms with van der Waals surface area (Å²) in [6, 6.07) is 3.44. The number of carbonyl (C=O) groups excluding carboxylic acids is 1. The van der Waals surface area contributed by atoms with Gasteiger partial charge in [-0.05, 0) is 56.1 Å². The van der Waals surface area contributed by atoms with Crippen LogP contribution in [-0.2, 0) is 4.74 Å². The van der Waals surface area contributed by atoms with Crippen LogP contribution >= 0.6 is 0 Å². The van der Waals surface area contributed by atoms with Gasteiger partial charge in [-0.15, -0.1) is 0 Å². The lowest BCUT2D eigenvalue weighted by molar-refractivity contribution is 0.0846. The van der Waals surface area contributed by atoms with Crippen LogP contribution < -0.4 is 5.32 Å². The second-order valence-corrected chi connectivity index (χ2v) is 8.68. The highest BCUT2D eigenvalue weighted by Crippen LogP contribution is 2.37. The molecule has 31 heavy (non-hydrogen) atoms. The zero-order chi connectivity index (χ0) is 21.4. The predicted molar refractivity (Wildman–Crippen MR) is 112 cm³/mol. The predicted octanol–water partition coefficient (Wildman–Crippen LogP) is 4.55. The number of ether oxygens (including phenoxy) is 1. The van der Waals surface area contributed by atoms with Crippen LogP contribution in [0.3, 0.4) is 0 Å². The molecule has 3 aromatic rings. The van der Waals surface area contributed by atoms with E-state index in [1.54, 1.807) is 6.92 Å². The second kappa shape index (κ2) is 8.42. The van der Waals surface area contributed by atoms with E-state index in [9.17, 15) is 4.79 Å². The number of halogens is 1. The molecule has 1 aromatic carbocycles. The molecule has 1 aliphatic carbocycles. The van der Waals surface area contributed by atoms with E-state index in [0.717, 1.165) is 38.5 Å². The van der Waals surface area contributed by atoms with Crippen molar-refractivity contribution >= 4 is 16.9 Å². The van der Waals surface area contributed by atoms with Gasteiger partial charge in [0.05, 0.1) is 17.3 Å². The normalized spacial score (nSPS) is 19.2. The molecule has 1 saturated carbocycles. The Morgan fingerprint density at radius 1 is 1.23 bits per heavy atom. The molecule has 1 atom stereocenters. The van der Waals surface area contributed by atoms with Crippen LogP contribution in [0.1, 0.15) is 77.9 Å². The maximum atomic E-state index is 15.4. The molecular formula is C23H27FN4O3. The minimum atomic E-state index is -0.317. The lowest BCUT2D eigenvalue weighted by atomic mass is 9.91. The summed E-state index contributed by atoms with van der Waals surface area (Å²) in [5.41, 5.74) is 2.65. The number of hydrogen-bond donors (Lipinski definition) is 2. The summed E-state index contributed by atoms with van der Waals surface area (Å²) in [7, 11) is 0. The third-order valence-corrected chi connectivity index (χ3v) is 6.75. The molecular weight excluding hydrogens is 399 g/mol. The minimum Gasteiger partial charge on any atom is -0.381 e. The Labute approximate surface area is 179 Å². The second-order valence-electron chi connectivity index (χ2n) is 8.68. The molecule has 2 aromatic heterocycles. The number of rotatable bonds is 5. The Balaban J connectivity index is 1.48. The summed E-state index contributed by atoms with van der Waals surface area (Å²) in [6.45, 7) is 3.05. The van der Waals surface area contributed by atoms with Gasteiger partial charge in [0, 0.05) is 13.2 Å². The van der Waals surface area contributed by atoms with Crippen LogP contribution in [0.25, 0.3) is 11.0 Å². The number of aromatic nitrogens is 3. The number of benzene rings is 1. The number of H-pyrrole nitrogens is 1. The Hall–Kier alpha value is -2.74. The van der Waals surface area contributed by atoms with Gasteiger partial charge in [-0.25, -0.2) is 9.37 Å². The first-order chi connectivity index (χ1) is 15.1. The molecule has 0 spiro atoms. The summed E-state index contributed by atoms with van der Waals surface area (Å²) in [5.74, 6) is 0.494. The number of carbonyl (C=O) groups is 1. The molecule has 1 aliphatic heterocycles. The van der Waals surface area contributed by atoms with Gasteiger partial charge in [0.1, 0.15) is 23.2 Å². The van der Waals surface area contributed by atoms with Crippen LogP contribution in [0.5, 0.6) is 0 Å². The average molecular weight is 426 g/mol. The Morgan fingerprint density at radius 2 is 2.00 bits per heavy atom. The zero-order valence-corrected chi connectivity index (χ0v) is 17.6. The SMILES string of the molecule is Cc1nocc1C(=O)NC(c1nc2c(F)c(C3CCOCC3)ccc2[nH]1)C1CCCC1. The third-order valence-electron chi connectivity index (χ3n) is 6.75. The van der Waals surface area contributed by atoms with E-state index in [1.807, 2.05) is 12.1 Å². The van der Waals surface area contributed by atoms with Crippen molar-refractivity contribution in [3.8, 4) is 0 Å². The van der Waals surface area contributed by atoms with Gasteiger partial charge in [-0.1, -0.05) is 24.1 Å². The van der Waals surface area contributed by atoms with Gasteiger partial charge in [-0.3, -0.25) is 4.79 Å². The fourth-order valence-electron chi connectivity index (χ4n) is 4.98. The van der Waals surface area contributed by atoms with Crippen molar-refractivity contribution in [1.29, 1.82) is 0 Å². The van der Waals surface area contributed by atoms with Crippen LogP contribution in [0.4, 0.5) is 4.39 Å². The largest absolute Gasteiger partial charge is 0.381 e. The van der Waals surface area contributed by atoms with Crippen molar-refractivity contribution in [2.75, 3.05) is 13.2 Å². The molecule has 2 fully saturated rings. The Kier molecular flexibility index (Phi) is 5.48. The van der Waals surface area contributed by atoms with E-state index in [1.165, 1.54) is 6.26 Å². The molecule has 2 N–H and O–H groups in total. The number of hydrogen-bond acceptors (Lipinski definition) is 5. The van der Waals surface area contributed by atoms with Crippen molar-refractivity contribution in [1.82, 2.24) is 20.4 Å². The summed E-state index contributed by atoms with van der Waals surface area (Å²) < 4.78 is 25.8. The van der Waals surface area contributed by atoms with Gasteiger partial charge in [-0.2, -0.15) is 0 Å². The molecule has 5 rings (SSSR count). The summed E-state index contributed by atoms with van der Waals surface area (Å²) in [6.07, 6.45) is 7.23. The number of aryl methyl sites for hydroxylation is 1. The van der Waals surface area contributed by atoms with Gasteiger partial charge in [0.25, 0.3) is 5.91 Å². The van der Waals surface area contributed by atoms with Crippen molar-refractivity contribution in [2.24, 2.45) is 5.92 Å². The number of nitrogens with zero attached hydrogens (tertiary/aromatic N) is 2. The molecule has 3 heterocycles. The van der Waals surface area contributed by atoms with E-state index in [4.69, 9.17) is 9.26 Å². The number of aromatic amines is 1. The molecule has 1 unspecified atom stereocenters. The fraction of sp³-hybridized carbons (Fsp3) is 0.522. The van der Waals surface area contributed by atoms with Gasteiger partial charge < -0.3 is 19.6 Å². The molecule has 0 radical (unpaired) electrons. The van der Waals surface area contributed by atoms with Crippen LogP contribution in [0.2, 0.25) is 0 Å². The monoisotopic (exact) mass is 426 g/mol.